The zero-order chi connectivity index (χ0) is 43.3. The van der Waals surface area contributed by atoms with Gasteiger partial charge in [-0.05, 0) is 81.6 Å². The lowest BCUT2D eigenvalue weighted by Crippen LogP contribution is -2.51. The standard InChI is InChI=1S/C46H53FN10O5/c1-28-37(56-21-15-41(59)50-45(56)61)24-33-12-20-55(43(33)49-28)34-13-18-53(19-14-34)27-46(47)16-22-54(23-17-46)44(60)32-10-8-31(9-11-32)40-26-57(29(2)30(3)62-40)38-25-36(51-52-42(38)48)35-6-4-5-7-39(35)58/h4-12,20,24-25,29-30,34,40,58H,13-19,21-23,26-27H2,1-3H3,(H2,48,52)(H,50,59,61)/t29-,30+,40+/m1/s1. The van der Waals surface area contributed by atoms with Crippen LogP contribution < -0.4 is 20.9 Å². The smallest absolute Gasteiger partial charge is 0.328 e. The molecule has 62 heavy (non-hydrogen) atoms. The summed E-state index contributed by atoms with van der Waals surface area (Å²) in [6, 6.07) is 20.1. The van der Waals surface area contributed by atoms with Crippen molar-refractivity contribution < 1.29 is 28.6 Å². The van der Waals surface area contributed by atoms with Crippen LogP contribution >= 0.6 is 0 Å². The monoisotopic (exact) mass is 844 g/mol. The summed E-state index contributed by atoms with van der Waals surface area (Å²) in [6.07, 6.45) is 4.13. The molecule has 0 spiro atoms. The number of ether oxygens (including phenoxy) is 1. The number of imide groups is 1. The number of halogens is 1. The number of aromatic hydroxyl groups is 1. The number of morpholine rings is 1. The maximum Gasteiger partial charge on any atom is 0.328 e. The topological polar surface area (TPSA) is 175 Å². The molecule has 4 fully saturated rings. The number of nitrogens with two attached hydrogens (primary N) is 1. The number of phenolic OH excluding ortho intramolecular Hbond substituents is 1. The molecule has 324 valence electrons. The van der Waals surface area contributed by atoms with Crippen molar-refractivity contribution in [1.29, 1.82) is 0 Å². The van der Waals surface area contributed by atoms with E-state index in [0.29, 0.717) is 60.9 Å². The number of piperidine rings is 2. The summed E-state index contributed by atoms with van der Waals surface area (Å²) in [4.78, 5) is 50.5. The minimum absolute atomic E-state index is 0.0269. The average molecular weight is 845 g/mol. The molecule has 4 saturated heterocycles. The number of hydrogen-bond acceptors (Lipinski definition) is 11. The number of benzene rings is 2. The number of likely N-dealkylation sites (tertiary alicyclic amines) is 2. The van der Waals surface area contributed by atoms with Gasteiger partial charge in [0, 0.05) is 93.8 Å². The third-order valence-electron chi connectivity index (χ3n) is 13.3. The highest BCUT2D eigenvalue weighted by molar-refractivity contribution is 6.06. The number of nitrogen functional groups attached to an aromatic ring is 1. The Bertz CT molecular complexity index is 2500. The quantitative estimate of drug-likeness (QED) is 0.163. The van der Waals surface area contributed by atoms with Crippen LogP contribution in [-0.2, 0) is 9.53 Å². The van der Waals surface area contributed by atoms with Crippen molar-refractivity contribution in [3.05, 3.63) is 89.7 Å². The van der Waals surface area contributed by atoms with Crippen LogP contribution in [0.1, 0.15) is 79.7 Å². The van der Waals surface area contributed by atoms with E-state index in [1.54, 1.807) is 28.0 Å². The van der Waals surface area contributed by atoms with E-state index in [1.165, 1.54) is 0 Å². The Morgan fingerprint density at radius 3 is 2.44 bits per heavy atom. The summed E-state index contributed by atoms with van der Waals surface area (Å²) in [5, 5.41) is 22.2. The highest BCUT2D eigenvalue weighted by Crippen LogP contribution is 2.38. The summed E-state index contributed by atoms with van der Waals surface area (Å²) in [7, 11) is 0. The highest BCUT2D eigenvalue weighted by Gasteiger charge is 2.39. The first kappa shape index (κ1) is 41.2. The minimum Gasteiger partial charge on any atom is -0.507 e. The Balaban J connectivity index is 0.783. The molecule has 2 aromatic carbocycles. The predicted molar refractivity (Wildman–Crippen MR) is 234 cm³/mol. The molecule has 3 aromatic heterocycles. The van der Waals surface area contributed by atoms with Crippen molar-refractivity contribution in [3.8, 4) is 17.0 Å². The number of hydrogen-bond donors (Lipinski definition) is 3. The summed E-state index contributed by atoms with van der Waals surface area (Å²) in [5.74, 6) is 0.0147. The molecule has 15 nitrogen and oxygen atoms in total. The number of rotatable bonds is 8. The van der Waals surface area contributed by atoms with Crippen molar-refractivity contribution in [2.24, 2.45) is 0 Å². The third-order valence-corrected chi connectivity index (χ3v) is 13.3. The number of fused-ring (bicyclic) bond motifs is 1. The lowest BCUT2D eigenvalue weighted by molar-refractivity contribution is -0.120. The SMILES string of the molecule is Cc1nc2c(ccn2C2CCN(CC3(F)CCN(C(=O)c4ccc([C@@H]5CN(c6cc(-c7ccccc7O)nnc6N)[C@H](C)[C@H](C)O5)cc4)CC3)CC2)cc1N1CCC(=O)NC1=O. The van der Waals surface area contributed by atoms with Gasteiger partial charge in [0.25, 0.3) is 5.91 Å². The molecule has 0 saturated carbocycles. The molecule has 5 aromatic rings. The molecule has 0 unspecified atom stereocenters. The van der Waals surface area contributed by atoms with E-state index in [9.17, 15) is 19.5 Å². The molecule has 16 heteroatoms. The Kier molecular flexibility index (Phi) is 11.1. The number of pyridine rings is 1. The number of aryl methyl sites for hydroxylation is 1. The van der Waals surface area contributed by atoms with Gasteiger partial charge in [0.15, 0.2) is 5.82 Å². The maximum atomic E-state index is 16.4. The Labute approximate surface area is 359 Å². The molecule has 4 aliphatic heterocycles. The van der Waals surface area contributed by atoms with Gasteiger partial charge in [-0.25, -0.2) is 14.2 Å². The Morgan fingerprint density at radius 2 is 1.71 bits per heavy atom. The van der Waals surface area contributed by atoms with Crippen LogP contribution in [0, 0.1) is 6.92 Å². The van der Waals surface area contributed by atoms with Gasteiger partial charge >= 0.3 is 6.03 Å². The zero-order valence-corrected chi connectivity index (χ0v) is 35.3. The van der Waals surface area contributed by atoms with Crippen LogP contribution in [0.2, 0.25) is 0 Å². The molecular formula is C46H53FN10O5. The van der Waals surface area contributed by atoms with E-state index in [2.05, 4.69) is 36.8 Å². The van der Waals surface area contributed by atoms with Gasteiger partial charge in [-0.15, -0.1) is 10.2 Å². The number of nitrogens with zero attached hydrogens (tertiary/aromatic N) is 8. The lowest BCUT2D eigenvalue weighted by atomic mass is 9.91. The summed E-state index contributed by atoms with van der Waals surface area (Å²) < 4.78 is 25.1. The van der Waals surface area contributed by atoms with E-state index in [-0.39, 0.29) is 66.9 Å². The highest BCUT2D eigenvalue weighted by atomic mass is 19.1. The first-order chi connectivity index (χ1) is 29.8. The molecule has 0 aliphatic carbocycles. The van der Waals surface area contributed by atoms with Gasteiger partial charge in [0.05, 0.1) is 34.9 Å². The van der Waals surface area contributed by atoms with Gasteiger partial charge in [0.2, 0.25) is 5.91 Å². The number of alkyl halides is 1. The second-order valence-corrected chi connectivity index (χ2v) is 17.3. The number of carbonyl (C=O) groups excluding carboxylic acids is 3. The number of anilines is 3. The average Bonchev–Trinajstić information content (AvgIpc) is 3.67. The van der Waals surface area contributed by atoms with Gasteiger partial charge in [0.1, 0.15) is 23.2 Å². The number of carbonyl (C=O) groups is 3. The summed E-state index contributed by atoms with van der Waals surface area (Å²) in [5.41, 5.74) is 10.5. The molecule has 3 atom stereocenters. The van der Waals surface area contributed by atoms with E-state index in [1.807, 2.05) is 68.6 Å². The molecule has 0 radical (unpaired) electrons. The van der Waals surface area contributed by atoms with E-state index in [0.717, 1.165) is 48.2 Å². The van der Waals surface area contributed by atoms with E-state index in [4.69, 9.17) is 15.5 Å². The largest absolute Gasteiger partial charge is 0.507 e. The molecular weight excluding hydrogens is 792 g/mol. The predicted octanol–water partition coefficient (Wildman–Crippen LogP) is 6.17. The number of urea groups is 1. The van der Waals surface area contributed by atoms with Crippen molar-refractivity contribution in [1.82, 2.24) is 34.9 Å². The van der Waals surface area contributed by atoms with Crippen molar-refractivity contribution in [2.75, 3.05) is 61.3 Å². The number of nitrogens with one attached hydrogen (secondary N) is 1. The molecule has 4 N–H and O–H groups in total. The number of para-hydroxylation sites is 1. The van der Waals surface area contributed by atoms with Crippen molar-refractivity contribution in [3.63, 3.8) is 0 Å². The fraction of sp³-hybridized carbons (Fsp3) is 0.435. The molecule has 7 heterocycles. The van der Waals surface area contributed by atoms with Crippen molar-refractivity contribution >= 4 is 46.1 Å². The van der Waals surface area contributed by atoms with Gasteiger partial charge in [-0.3, -0.25) is 19.8 Å². The summed E-state index contributed by atoms with van der Waals surface area (Å²) in [6.45, 7) is 9.36. The second-order valence-electron chi connectivity index (χ2n) is 17.3. The van der Waals surface area contributed by atoms with Crippen LogP contribution in [0.25, 0.3) is 22.3 Å². The minimum atomic E-state index is -1.37. The van der Waals surface area contributed by atoms with Gasteiger partial charge < -0.3 is 34.8 Å². The van der Waals surface area contributed by atoms with Crippen molar-refractivity contribution in [2.45, 2.75) is 82.8 Å². The van der Waals surface area contributed by atoms with Crippen LogP contribution in [0.15, 0.2) is 72.9 Å². The zero-order valence-electron chi connectivity index (χ0n) is 35.3. The summed E-state index contributed by atoms with van der Waals surface area (Å²) >= 11 is 0. The number of phenols is 1. The Morgan fingerprint density at radius 1 is 0.968 bits per heavy atom. The van der Waals surface area contributed by atoms with E-state index < -0.39 is 11.7 Å². The second kappa shape index (κ2) is 16.6. The molecule has 4 aliphatic rings. The normalized spacial score (nSPS) is 22.6. The number of aromatic nitrogens is 4. The molecule has 4 amide bonds. The van der Waals surface area contributed by atoms with E-state index >= 15 is 4.39 Å². The van der Waals surface area contributed by atoms with Gasteiger partial charge in [-0.1, -0.05) is 24.3 Å². The third kappa shape index (κ3) is 8.04. The fourth-order valence-electron chi connectivity index (χ4n) is 9.53. The molecule has 9 rings (SSSR count). The molecule has 0 bridgehead atoms. The van der Waals surface area contributed by atoms with Crippen LogP contribution in [0.4, 0.5) is 26.4 Å². The van der Waals surface area contributed by atoms with Crippen LogP contribution in [-0.4, -0.2) is 116 Å². The number of amides is 4. The lowest BCUT2D eigenvalue weighted by Gasteiger charge is -2.44. The van der Waals surface area contributed by atoms with Gasteiger partial charge in [-0.2, -0.15) is 0 Å². The first-order valence-corrected chi connectivity index (χ1v) is 21.6. The first-order valence-electron chi connectivity index (χ1n) is 21.6. The maximum absolute atomic E-state index is 16.4. The Hall–Kier alpha value is -6.13. The fourth-order valence-corrected chi connectivity index (χ4v) is 9.53. The van der Waals surface area contributed by atoms with Crippen LogP contribution in [0.3, 0.4) is 0 Å². The van der Waals surface area contributed by atoms with Crippen LogP contribution in [0.5, 0.6) is 5.75 Å².